The van der Waals surface area contributed by atoms with Gasteiger partial charge in [0.1, 0.15) is 5.75 Å². The molecular formula is C28H31ClN4O3S. The summed E-state index contributed by atoms with van der Waals surface area (Å²) < 4.78 is 0. The predicted molar refractivity (Wildman–Crippen MR) is 153 cm³/mol. The van der Waals surface area contributed by atoms with Crippen molar-refractivity contribution in [3.8, 4) is 5.75 Å². The van der Waals surface area contributed by atoms with E-state index >= 15 is 0 Å². The van der Waals surface area contributed by atoms with E-state index in [0.717, 1.165) is 36.7 Å². The minimum Gasteiger partial charge on any atom is -0.508 e. The number of anilines is 1. The van der Waals surface area contributed by atoms with Crippen LogP contribution in [0, 0.1) is 0 Å². The molecule has 0 atom stereocenters. The van der Waals surface area contributed by atoms with Crippen LogP contribution in [0.3, 0.4) is 0 Å². The summed E-state index contributed by atoms with van der Waals surface area (Å²) in [6.45, 7) is 7.53. The maximum atomic E-state index is 12.9. The molecule has 194 valence electrons. The standard InChI is InChI=1S/C28H31ClN4O3S/c1-3-33(4-2)15-16-37-19-21-5-9-22(10-6-21)27(35)31-26-14-11-23(29)17-25(26)28(36)32-30-18-20-7-12-24(34)13-8-20/h5-14,17-18,34H,3-4,15-16,19H2,1-2H3,(H,31,35)(H,32,36). The highest BCUT2D eigenvalue weighted by Gasteiger charge is 2.15. The van der Waals surface area contributed by atoms with Crippen LogP contribution in [0.4, 0.5) is 5.69 Å². The van der Waals surface area contributed by atoms with Gasteiger partial charge in [0.25, 0.3) is 11.8 Å². The van der Waals surface area contributed by atoms with Gasteiger partial charge < -0.3 is 15.3 Å². The van der Waals surface area contributed by atoms with Gasteiger partial charge in [-0.3, -0.25) is 9.59 Å². The molecule has 0 unspecified atom stereocenters. The van der Waals surface area contributed by atoms with E-state index in [1.807, 2.05) is 23.9 Å². The van der Waals surface area contributed by atoms with E-state index in [0.29, 0.717) is 21.8 Å². The highest BCUT2D eigenvalue weighted by molar-refractivity contribution is 7.98. The summed E-state index contributed by atoms with van der Waals surface area (Å²) in [5.41, 5.74) is 5.29. The quantitative estimate of drug-likeness (QED) is 0.158. The topological polar surface area (TPSA) is 94.0 Å². The molecular weight excluding hydrogens is 508 g/mol. The van der Waals surface area contributed by atoms with E-state index in [1.165, 1.54) is 24.4 Å². The summed E-state index contributed by atoms with van der Waals surface area (Å²) in [6.07, 6.45) is 1.45. The van der Waals surface area contributed by atoms with Crippen LogP contribution < -0.4 is 10.7 Å². The van der Waals surface area contributed by atoms with Gasteiger partial charge in [0.05, 0.1) is 17.5 Å². The fourth-order valence-corrected chi connectivity index (χ4v) is 4.60. The van der Waals surface area contributed by atoms with Crippen molar-refractivity contribution in [3.05, 3.63) is 94.0 Å². The fraction of sp³-hybridized carbons (Fsp3) is 0.250. The number of hydrazone groups is 1. The van der Waals surface area contributed by atoms with Gasteiger partial charge in [-0.25, -0.2) is 5.43 Å². The van der Waals surface area contributed by atoms with Gasteiger partial charge in [-0.15, -0.1) is 0 Å². The lowest BCUT2D eigenvalue weighted by Gasteiger charge is -2.17. The van der Waals surface area contributed by atoms with Crippen LogP contribution in [0.5, 0.6) is 5.75 Å². The van der Waals surface area contributed by atoms with Crippen LogP contribution in [0.2, 0.25) is 5.02 Å². The molecule has 0 aromatic heterocycles. The third-order valence-corrected chi connectivity index (χ3v) is 6.92. The Balaban J connectivity index is 1.59. The Morgan fingerprint density at radius 2 is 1.70 bits per heavy atom. The zero-order valence-electron chi connectivity index (χ0n) is 20.9. The Hall–Kier alpha value is -3.33. The summed E-state index contributed by atoms with van der Waals surface area (Å²) in [5.74, 6) is 1.23. The molecule has 9 heteroatoms. The highest BCUT2D eigenvalue weighted by Crippen LogP contribution is 2.22. The average Bonchev–Trinajstić information content (AvgIpc) is 2.91. The number of hydrogen-bond acceptors (Lipinski definition) is 6. The zero-order chi connectivity index (χ0) is 26.6. The summed E-state index contributed by atoms with van der Waals surface area (Å²) in [6, 6.07) is 18.5. The number of phenolic OH excluding ortho intramolecular Hbond substituents is 1. The Bertz CT molecular complexity index is 1210. The van der Waals surface area contributed by atoms with Crippen molar-refractivity contribution in [1.82, 2.24) is 10.3 Å². The molecule has 0 heterocycles. The molecule has 0 bridgehead atoms. The van der Waals surface area contributed by atoms with Crippen molar-refractivity contribution >= 4 is 47.1 Å². The fourth-order valence-electron chi connectivity index (χ4n) is 3.47. The van der Waals surface area contributed by atoms with Crippen molar-refractivity contribution < 1.29 is 14.7 Å². The van der Waals surface area contributed by atoms with Gasteiger partial charge in [0.2, 0.25) is 0 Å². The molecule has 3 rings (SSSR count). The molecule has 0 aliphatic rings. The average molecular weight is 539 g/mol. The van der Waals surface area contributed by atoms with Crippen molar-refractivity contribution in [2.75, 3.05) is 30.7 Å². The molecule has 0 saturated heterocycles. The molecule has 0 spiro atoms. The maximum Gasteiger partial charge on any atom is 0.273 e. The minimum absolute atomic E-state index is 0.139. The van der Waals surface area contributed by atoms with Crippen LogP contribution in [-0.2, 0) is 5.75 Å². The molecule has 0 fully saturated rings. The number of phenols is 1. The zero-order valence-corrected chi connectivity index (χ0v) is 22.5. The first kappa shape index (κ1) is 28.2. The third-order valence-electron chi connectivity index (χ3n) is 5.68. The first-order valence-corrected chi connectivity index (χ1v) is 13.5. The Kier molecular flexibility index (Phi) is 11.0. The van der Waals surface area contributed by atoms with Crippen LogP contribution >= 0.6 is 23.4 Å². The molecule has 0 aliphatic carbocycles. The molecule has 7 nitrogen and oxygen atoms in total. The summed E-state index contributed by atoms with van der Waals surface area (Å²) in [5, 5.41) is 16.5. The second-order valence-corrected chi connectivity index (χ2v) is 9.75. The van der Waals surface area contributed by atoms with E-state index in [9.17, 15) is 14.7 Å². The largest absolute Gasteiger partial charge is 0.508 e. The normalized spacial score (nSPS) is 11.1. The van der Waals surface area contributed by atoms with Crippen molar-refractivity contribution in [2.24, 2.45) is 5.10 Å². The lowest BCUT2D eigenvalue weighted by Crippen LogP contribution is -2.25. The number of nitrogens with zero attached hydrogens (tertiary/aromatic N) is 2. The Morgan fingerprint density at radius 3 is 2.38 bits per heavy atom. The molecule has 2 amide bonds. The van der Waals surface area contributed by atoms with Gasteiger partial charge >= 0.3 is 0 Å². The molecule has 0 aliphatic heterocycles. The van der Waals surface area contributed by atoms with Crippen molar-refractivity contribution in [1.29, 1.82) is 0 Å². The van der Waals surface area contributed by atoms with Gasteiger partial charge in [0, 0.05) is 28.6 Å². The number of thioether (sulfide) groups is 1. The molecule has 3 aromatic rings. The molecule has 0 radical (unpaired) electrons. The van der Waals surface area contributed by atoms with E-state index in [-0.39, 0.29) is 17.2 Å². The first-order valence-electron chi connectivity index (χ1n) is 12.0. The third kappa shape index (κ3) is 8.93. The number of amides is 2. The second-order valence-electron chi connectivity index (χ2n) is 8.21. The highest BCUT2D eigenvalue weighted by atomic mass is 35.5. The Labute approximate surface area is 226 Å². The van der Waals surface area contributed by atoms with Crippen molar-refractivity contribution in [3.63, 3.8) is 0 Å². The number of nitrogens with one attached hydrogen (secondary N) is 2. The first-order chi connectivity index (χ1) is 17.9. The number of hydrogen-bond donors (Lipinski definition) is 3. The maximum absolute atomic E-state index is 12.9. The number of aromatic hydroxyl groups is 1. The number of carbonyl (C=O) groups excluding carboxylic acids is 2. The number of carbonyl (C=O) groups is 2. The van der Waals surface area contributed by atoms with E-state index in [1.54, 1.807) is 36.4 Å². The van der Waals surface area contributed by atoms with Crippen LogP contribution in [0.25, 0.3) is 0 Å². The lowest BCUT2D eigenvalue weighted by molar-refractivity contribution is 0.0956. The number of benzene rings is 3. The van der Waals surface area contributed by atoms with Crippen LogP contribution in [0.1, 0.15) is 45.7 Å². The second kappa shape index (κ2) is 14.4. The number of halogens is 1. The van der Waals surface area contributed by atoms with E-state index in [2.05, 4.69) is 34.6 Å². The predicted octanol–water partition coefficient (Wildman–Crippen LogP) is 5.64. The van der Waals surface area contributed by atoms with Gasteiger partial charge in [-0.2, -0.15) is 16.9 Å². The number of rotatable bonds is 12. The molecule has 3 aromatic carbocycles. The SMILES string of the molecule is CCN(CC)CCSCc1ccc(C(=O)Nc2ccc(Cl)cc2C(=O)NN=Cc2ccc(O)cc2)cc1. The Morgan fingerprint density at radius 1 is 1.00 bits per heavy atom. The summed E-state index contributed by atoms with van der Waals surface area (Å²) in [4.78, 5) is 28.0. The molecule has 3 N–H and O–H groups in total. The van der Waals surface area contributed by atoms with Crippen LogP contribution in [-0.4, -0.2) is 53.4 Å². The van der Waals surface area contributed by atoms with Gasteiger partial charge in [0.15, 0.2) is 0 Å². The van der Waals surface area contributed by atoms with E-state index < -0.39 is 5.91 Å². The lowest BCUT2D eigenvalue weighted by atomic mass is 10.1. The minimum atomic E-state index is -0.523. The molecule has 0 saturated carbocycles. The summed E-state index contributed by atoms with van der Waals surface area (Å²) >= 11 is 7.98. The van der Waals surface area contributed by atoms with Gasteiger partial charge in [-0.1, -0.05) is 37.6 Å². The summed E-state index contributed by atoms with van der Waals surface area (Å²) in [7, 11) is 0. The van der Waals surface area contributed by atoms with Gasteiger partial charge in [-0.05, 0) is 78.8 Å². The van der Waals surface area contributed by atoms with E-state index in [4.69, 9.17) is 11.6 Å². The smallest absolute Gasteiger partial charge is 0.273 e. The monoisotopic (exact) mass is 538 g/mol. The molecule has 37 heavy (non-hydrogen) atoms. The van der Waals surface area contributed by atoms with Crippen LogP contribution in [0.15, 0.2) is 71.8 Å². The van der Waals surface area contributed by atoms with Crippen molar-refractivity contribution in [2.45, 2.75) is 19.6 Å².